The van der Waals surface area contributed by atoms with Crippen LogP contribution in [0, 0.1) is 18.6 Å². The van der Waals surface area contributed by atoms with Gasteiger partial charge in [-0.2, -0.15) is 5.10 Å². The topological polar surface area (TPSA) is 93.8 Å². The maximum atomic E-state index is 13.6. The summed E-state index contributed by atoms with van der Waals surface area (Å²) in [4.78, 5) is 26.4. The van der Waals surface area contributed by atoms with E-state index in [1.165, 1.54) is 18.2 Å². The molecule has 4 rings (SSSR count). The molecule has 36 heavy (non-hydrogen) atoms. The fraction of sp³-hybridized carbons (Fsp3) is 0.259. The average molecular weight is 496 g/mol. The minimum absolute atomic E-state index is 0.0452. The Morgan fingerprint density at radius 2 is 1.64 bits per heavy atom. The van der Waals surface area contributed by atoms with E-state index in [4.69, 9.17) is 9.84 Å². The Morgan fingerprint density at radius 3 is 2.19 bits per heavy atom. The lowest BCUT2D eigenvalue weighted by Crippen LogP contribution is -2.11. The normalized spacial score (nSPS) is 14.4. The van der Waals surface area contributed by atoms with Crippen LogP contribution in [0.3, 0.4) is 0 Å². The zero-order valence-electron chi connectivity index (χ0n) is 20.2. The second-order valence-electron chi connectivity index (χ2n) is 8.16. The maximum Gasteiger partial charge on any atom is 0.358 e. The van der Waals surface area contributed by atoms with E-state index in [2.05, 4.69) is 10.1 Å². The lowest BCUT2D eigenvalue weighted by molar-refractivity contribution is -0.129. The number of aryl methyl sites for hydroxylation is 1. The zero-order chi connectivity index (χ0) is 26.2. The SMILES string of the molecule is CC1=CC(C(=O)O)=NC1Cc1ccccc1F.CCOC(=O)c1cc(C)n(Cc2ccccc2F)n1. The van der Waals surface area contributed by atoms with Gasteiger partial charge in [0, 0.05) is 17.7 Å². The van der Waals surface area contributed by atoms with E-state index < -0.39 is 11.9 Å². The molecule has 0 aliphatic carbocycles. The van der Waals surface area contributed by atoms with Gasteiger partial charge in [0.2, 0.25) is 0 Å². The summed E-state index contributed by atoms with van der Waals surface area (Å²) in [5, 5.41) is 13.0. The predicted molar refractivity (Wildman–Crippen MR) is 131 cm³/mol. The molecule has 0 radical (unpaired) electrons. The Hall–Kier alpha value is -4.14. The van der Waals surface area contributed by atoms with E-state index in [9.17, 15) is 18.4 Å². The number of carboxylic acid groups (broad SMARTS) is 1. The molecule has 0 amide bonds. The smallest absolute Gasteiger partial charge is 0.358 e. The van der Waals surface area contributed by atoms with Crippen LogP contribution in [0.25, 0.3) is 0 Å². The number of aromatic nitrogens is 2. The van der Waals surface area contributed by atoms with Crippen molar-refractivity contribution in [1.29, 1.82) is 0 Å². The number of carboxylic acids is 1. The minimum Gasteiger partial charge on any atom is -0.477 e. The molecular formula is C27H27F2N3O4. The molecule has 1 unspecified atom stereocenters. The van der Waals surface area contributed by atoms with Gasteiger partial charge in [-0.05, 0) is 56.2 Å². The van der Waals surface area contributed by atoms with Gasteiger partial charge < -0.3 is 9.84 Å². The van der Waals surface area contributed by atoms with Crippen LogP contribution in [-0.4, -0.2) is 45.2 Å². The number of aliphatic imine (C=N–C) groups is 1. The van der Waals surface area contributed by atoms with Crippen molar-refractivity contribution in [2.24, 2.45) is 4.99 Å². The number of esters is 1. The van der Waals surface area contributed by atoms with Gasteiger partial charge in [-0.25, -0.2) is 18.4 Å². The molecule has 9 heteroatoms. The Balaban J connectivity index is 0.000000202. The van der Waals surface area contributed by atoms with Gasteiger partial charge >= 0.3 is 11.9 Å². The van der Waals surface area contributed by atoms with Crippen LogP contribution in [0.15, 0.2) is 71.2 Å². The molecule has 1 aliphatic rings. The number of halogens is 2. The van der Waals surface area contributed by atoms with Gasteiger partial charge in [0.15, 0.2) is 5.69 Å². The van der Waals surface area contributed by atoms with Crippen molar-refractivity contribution < 1.29 is 28.2 Å². The van der Waals surface area contributed by atoms with Crippen molar-refractivity contribution in [3.63, 3.8) is 0 Å². The summed E-state index contributed by atoms with van der Waals surface area (Å²) in [5.74, 6) is -2.06. The summed E-state index contributed by atoms with van der Waals surface area (Å²) in [6.45, 7) is 5.96. The molecule has 2 heterocycles. The highest BCUT2D eigenvalue weighted by Crippen LogP contribution is 2.20. The quantitative estimate of drug-likeness (QED) is 0.476. The summed E-state index contributed by atoms with van der Waals surface area (Å²) in [6.07, 6.45) is 1.93. The standard InChI is InChI=1S/C14H15FN2O2.C13H12FNO2/c1-3-19-14(18)13-8-10(2)17(16-13)9-11-6-4-5-7-12(11)15;1-8-6-12(13(16)17)15-11(8)7-9-4-2-3-5-10(9)14/h4-8H,3,9H2,1-2H3;2-6,11H,7H2,1H3,(H,16,17). The predicted octanol–water partition coefficient (Wildman–Crippen LogP) is 4.78. The third-order valence-corrected chi connectivity index (χ3v) is 5.52. The van der Waals surface area contributed by atoms with Crippen molar-refractivity contribution in [3.8, 4) is 0 Å². The van der Waals surface area contributed by atoms with Crippen LogP contribution in [0.4, 0.5) is 8.78 Å². The monoisotopic (exact) mass is 495 g/mol. The molecule has 0 saturated heterocycles. The molecule has 188 valence electrons. The highest BCUT2D eigenvalue weighted by molar-refractivity contribution is 6.41. The van der Waals surface area contributed by atoms with E-state index in [0.717, 1.165) is 11.3 Å². The largest absolute Gasteiger partial charge is 0.477 e. The number of hydrogen-bond acceptors (Lipinski definition) is 5. The molecule has 0 fully saturated rings. The highest BCUT2D eigenvalue weighted by atomic mass is 19.1. The van der Waals surface area contributed by atoms with Crippen LogP contribution < -0.4 is 0 Å². The Bertz CT molecular complexity index is 1310. The zero-order valence-corrected chi connectivity index (χ0v) is 20.2. The fourth-order valence-corrected chi connectivity index (χ4v) is 3.58. The van der Waals surface area contributed by atoms with Crippen molar-refractivity contribution in [2.75, 3.05) is 6.61 Å². The van der Waals surface area contributed by atoms with Gasteiger partial charge in [0.1, 0.15) is 17.3 Å². The van der Waals surface area contributed by atoms with Gasteiger partial charge in [0.25, 0.3) is 0 Å². The molecule has 0 bridgehead atoms. The Labute approximate surface area is 207 Å². The van der Waals surface area contributed by atoms with Gasteiger partial charge in [-0.15, -0.1) is 0 Å². The molecule has 1 aliphatic heterocycles. The lowest BCUT2D eigenvalue weighted by atomic mass is 10.0. The molecule has 1 aromatic heterocycles. The summed E-state index contributed by atoms with van der Waals surface area (Å²) < 4.78 is 33.5. The highest BCUT2D eigenvalue weighted by Gasteiger charge is 2.22. The summed E-state index contributed by atoms with van der Waals surface area (Å²) in [5.41, 5.74) is 3.02. The number of carbonyl (C=O) groups is 2. The molecular weight excluding hydrogens is 468 g/mol. The van der Waals surface area contributed by atoms with E-state index in [0.29, 0.717) is 24.2 Å². The number of aliphatic carboxylic acids is 1. The first kappa shape index (κ1) is 26.5. The number of hydrogen-bond donors (Lipinski definition) is 1. The van der Waals surface area contributed by atoms with Crippen molar-refractivity contribution >= 4 is 17.7 Å². The third kappa shape index (κ3) is 6.71. The van der Waals surface area contributed by atoms with Gasteiger partial charge in [-0.1, -0.05) is 36.4 Å². The summed E-state index contributed by atoms with van der Waals surface area (Å²) >= 11 is 0. The molecule has 7 nitrogen and oxygen atoms in total. The molecule has 2 aromatic carbocycles. The molecule has 0 spiro atoms. The third-order valence-electron chi connectivity index (χ3n) is 5.52. The molecule has 1 atom stereocenters. The van der Waals surface area contributed by atoms with E-state index in [1.54, 1.807) is 54.1 Å². The van der Waals surface area contributed by atoms with Crippen LogP contribution in [-0.2, 0) is 22.5 Å². The first-order chi connectivity index (χ1) is 17.2. The number of ether oxygens (including phenoxy) is 1. The van der Waals surface area contributed by atoms with Crippen LogP contribution in [0.2, 0.25) is 0 Å². The fourth-order valence-electron chi connectivity index (χ4n) is 3.58. The van der Waals surface area contributed by atoms with E-state index in [1.807, 2.05) is 13.8 Å². The van der Waals surface area contributed by atoms with Gasteiger partial charge in [0.05, 0.1) is 19.2 Å². The lowest BCUT2D eigenvalue weighted by Gasteiger charge is -2.09. The van der Waals surface area contributed by atoms with Crippen molar-refractivity contribution in [3.05, 3.63) is 100 Å². The van der Waals surface area contributed by atoms with Crippen LogP contribution in [0.5, 0.6) is 0 Å². The first-order valence-electron chi connectivity index (χ1n) is 11.4. The van der Waals surface area contributed by atoms with E-state index >= 15 is 0 Å². The van der Waals surface area contributed by atoms with Crippen molar-refractivity contribution in [2.45, 2.75) is 39.8 Å². The Kier molecular flexibility index (Phi) is 8.83. The number of rotatable bonds is 7. The van der Waals surface area contributed by atoms with Gasteiger partial charge in [-0.3, -0.25) is 9.67 Å². The number of nitrogens with zero attached hydrogens (tertiary/aromatic N) is 3. The van der Waals surface area contributed by atoms with Crippen molar-refractivity contribution in [1.82, 2.24) is 9.78 Å². The van der Waals surface area contributed by atoms with Crippen LogP contribution >= 0.6 is 0 Å². The minimum atomic E-state index is -1.04. The maximum absolute atomic E-state index is 13.6. The molecule has 0 saturated carbocycles. The molecule has 3 aromatic rings. The number of carbonyl (C=O) groups excluding carboxylic acids is 1. The second-order valence-corrected chi connectivity index (χ2v) is 8.16. The second kappa shape index (κ2) is 12.0. The van der Waals surface area contributed by atoms with E-state index in [-0.39, 0.29) is 35.6 Å². The average Bonchev–Trinajstić information content (AvgIpc) is 3.40. The summed E-state index contributed by atoms with van der Waals surface area (Å²) in [6, 6.07) is 14.3. The first-order valence-corrected chi connectivity index (χ1v) is 11.4. The Morgan fingerprint density at radius 1 is 1.03 bits per heavy atom. The number of benzene rings is 2. The summed E-state index contributed by atoms with van der Waals surface area (Å²) in [7, 11) is 0. The molecule has 1 N–H and O–H groups in total. The van der Waals surface area contributed by atoms with Crippen LogP contribution in [0.1, 0.15) is 41.2 Å².